The third kappa shape index (κ3) is 4.12. The maximum absolute atomic E-state index is 12.8. The predicted octanol–water partition coefficient (Wildman–Crippen LogP) is 3.24. The van der Waals surface area contributed by atoms with E-state index in [2.05, 4.69) is 10.3 Å². The number of amides is 3. The first-order valence-corrected chi connectivity index (χ1v) is 9.86. The molecule has 6 heteroatoms. The Bertz CT molecular complexity index is 1080. The van der Waals surface area contributed by atoms with Crippen LogP contribution in [0.5, 0.6) is 0 Å². The van der Waals surface area contributed by atoms with Gasteiger partial charge < -0.3 is 5.32 Å². The SMILES string of the molecule is O=C(NCc1ccccn1)c1ccc2c(c1)C(=O)N(CCCc1ccccc1)C2=O. The average molecular weight is 399 g/mol. The highest BCUT2D eigenvalue weighted by Crippen LogP contribution is 2.24. The van der Waals surface area contributed by atoms with Gasteiger partial charge in [-0.05, 0) is 48.7 Å². The lowest BCUT2D eigenvalue weighted by Crippen LogP contribution is -2.31. The Balaban J connectivity index is 1.40. The first-order chi connectivity index (χ1) is 14.6. The lowest BCUT2D eigenvalue weighted by atomic mass is 10.1. The number of nitrogens with one attached hydrogen (secondary N) is 1. The molecule has 30 heavy (non-hydrogen) atoms. The number of carbonyl (C=O) groups is 3. The van der Waals surface area contributed by atoms with Gasteiger partial charge in [0.25, 0.3) is 17.7 Å². The molecule has 4 rings (SSSR count). The molecule has 0 aliphatic carbocycles. The summed E-state index contributed by atoms with van der Waals surface area (Å²) in [7, 11) is 0. The number of hydrogen-bond donors (Lipinski definition) is 1. The third-order valence-electron chi connectivity index (χ3n) is 5.08. The van der Waals surface area contributed by atoms with Gasteiger partial charge in [0.15, 0.2) is 0 Å². The van der Waals surface area contributed by atoms with Crippen LogP contribution in [0.4, 0.5) is 0 Å². The molecule has 3 aromatic rings. The molecule has 2 heterocycles. The summed E-state index contributed by atoms with van der Waals surface area (Å²) < 4.78 is 0. The number of pyridine rings is 1. The molecule has 0 saturated carbocycles. The summed E-state index contributed by atoms with van der Waals surface area (Å²) >= 11 is 0. The summed E-state index contributed by atoms with van der Waals surface area (Å²) in [5.41, 5.74) is 2.88. The molecule has 0 bridgehead atoms. The van der Waals surface area contributed by atoms with Gasteiger partial charge in [-0.15, -0.1) is 0 Å². The number of benzene rings is 2. The Labute approximate surface area is 174 Å². The lowest BCUT2D eigenvalue weighted by Gasteiger charge is -2.13. The molecule has 2 aromatic carbocycles. The molecule has 1 N–H and O–H groups in total. The Morgan fingerprint density at radius 3 is 2.43 bits per heavy atom. The molecule has 1 aromatic heterocycles. The Morgan fingerprint density at radius 1 is 0.900 bits per heavy atom. The van der Waals surface area contributed by atoms with E-state index in [1.54, 1.807) is 24.4 Å². The monoisotopic (exact) mass is 399 g/mol. The van der Waals surface area contributed by atoms with Crippen molar-refractivity contribution in [1.82, 2.24) is 15.2 Å². The largest absolute Gasteiger partial charge is 0.346 e. The van der Waals surface area contributed by atoms with Crippen molar-refractivity contribution < 1.29 is 14.4 Å². The van der Waals surface area contributed by atoms with E-state index in [9.17, 15) is 14.4 Å². The second kappa shape index (κ2) is 8.69. The number of imide groups is 1. The van der Waals surface area contributed by atoms with E-state index >= 15 is 0 Å². The van der Waals surface area contributed by atoms with Gasteiger partial charge >= 0.3 is 0 Å². The smallest absolute Gasteiger partial charge is 0.261 e. The Kier molecular flexibility index (Phi) is 5.66. The van der Waals surface area contributed by atoms with Gasteiger partial charge in [-0.2, -0.15) is 0 Å². The van der Waals surface area contributed by atoms with E-state index < -0.39 is 0 Å². The first kappa shape index (κ1) is 19.5. The molecular weight excluding hydrogens is 378 g/mol. The fourth-order valence-electron chi connectivity index (χ4n) is 3.50. The van der Waals surface area contributed by atoms with E-state index in [0.717, 1.165) is 12.1 Å². The Hall–Kier alpha value is -3.80. The van der Waals surface area contributed by atoms with Gasteiger partial charge in [-0.1, -0.05) is 36.4 Å². The molecule has 1 aliphatic heterocycles. The number of aromatic nitrogens is 1. The summed E-state index contributed by atoms with van der Waals surface area (Å²) in [4.78, 5) is 43.3. The summed E-state index contributed by atoms with van der Waals surface area (Å²) in [5, 5.41) is 2.78. The zero-order valence-electron chi connectivity index (χ0n) is 16.4. The van der Waals surface area contributed by atoms with Crippen molar-refractivity contribution in [2.45, 2.75) is 19.4 Å². The minimum atomic E-state index is -0.345. The van der Waals surface area contributed by atoms with Gasteiger partial charge in [0, 0.05) is 18.3 Å². The molecule has 150 valence electrons. The second-order valence-electron chi connectivity index (χ2n) is 7.12. The standard InChI is InChI=1S/C24H21N3O3/c28-22(26-16-19-10-4-5-13-25-19)18-11-12-20-21(15-18)24(30)27(23(20)29)14-6-9-17-7-2-1-3-8-17/h1-5,7-8,10-13,15H,6,9,14,16H2,(H,26,28). The van der Waals surface area contributed by atoms with Crippen molar-refractivity contribution in [3.8, 4) is 0 Å². The van der Waals surface area contributed by atoms with Crippen LogP contribution in [0.25, 0.3) is 0 Å². The lowest BCUT2D eigenvalue weighted by molar-refractivity contribution is 0.0652. The molecule has 3 amide bonds. The van der Waals surface area contributed by atoms with Crippen molar-refractivity contribution >= 4 is 17.7 Å². The van der Waals surface area contributed by atoms with Crippen LogP contribution in [0.3, 0.4) is 0 Å². The normalized spacial score (nSPS) is 12.7. The fourth-order valence-corrected chi connectivity index (χ4v) is 3.50. The molecule has 0 unspecified atom stereocenters. The molecular formula is C24H21N3O3. The highest BCUT2D eigenvalue weighted by Gasteiger charge is 2.35. The summed E-state index contributed by atoms with van der Waals surface area (Å²) in [6.07, 6.45) is 3.13. The molecule has 6 nitrogen and oxygen atoms in total. The van der Waals surface area contributed by atoms with E-state index in [1.807, 2.05) is 42.5 Å². The van der Waals surface area contributed by atoms with Gasteiger partial charge in [-0.25, -0.2) is 0 Å². The summed E-state index contributed by atoms with van der Waals surface area (Å²) in [6, 6.07) is 20.1. The van der Waals surface area contributed by atoms with Crippen molar-refractivity contribution in [2.24, 2.45) is 0 Å². The molecule has 0 saturated heterocycles. The summed E-state index contributed by atoms with van der Waals surface area (Å²) in [6.45, 7) is 0.637. The van der Waals surface area contributed by atoms with Crippen LogP contribution in [-0.4, -0.2) is 34.2 Å². The number of hydrogen-bond acceptors (Lipinski definition) is 4. The molecule has 0 spiro atoms. The van der Waals surface area contributed by atoms with Crippen molar-refractivity contribution in [1.29, 1.82) is 0 Å². The second-order valence-corrected chi connectivity index (χ2v) is 7.12. The van der Waals surface area contributed by atoms with Crippen LogP contribution in [0.1, 0.15) is 48.8 Å². The number of aryl methyl sites for hydroxylation is 1. The van der Waals surface area contributed by atoms with E-state index in [0.29, 0.717) is 24.1 Å². The molecule has 1 aliphatic rings. The molecule has 0 radical (unpaired) electrons. The maximum atomic E-state index is 12.8. The maximum Gasteiger partial charge on any atom is 0.261 e. The van der Waals surface area contributed by atoms with Crippen LogP contribution in [-0.2, 0) is 13.0 Å². The van der Waals surface area contributed by atoms with Crippen LogP contribution in [0.2, 0.25) is 0 Å². The Morgan fingerprint density at radius 2 is 1.67 bits per heavy atom. The minimum Gasteiger partial charge on any atom is -0.346 e. The predicted molar refractivity (Wildman–Crippen MR) is 112 cm³/mol. The van der Waals surface area contributed by atoms with Crippen molar-refractivity contribution in [2.75, 3.05) is 6.54 Å². The molecule has 0 fully saturated rings. The van der Waals surface area contributed by atoms with E-state index in [1.165, 1.54) is 16.5 Å². The minimum absolute atomic E-state index is 0.283. The highest BCUT2D eigenvalue weighted by atomic mass is 16.2. The topological polar surface area (TPSA) is 79.4 Å². The van der Waals surface area contributed by atoms with Crippen LogP contribution < -0.4 is 5.32 Å². The zero-order valence-corrected chi connectivity index (χ0v) is 16.4. The van der Waals surface area contributed by atoms with Gasteiger partial charge in [-0.3, -0.25) is 24.3 Å². The van der Waals surface area contributed by atoms with Gasteiger partial charge in [0.2, 0.25) is 0 Å². The zero-order chi connectivity index (χ0) is 20.9. The van der Waals surface area contributed by atoms with E-state index in [-0.39, 0.29) is 29.8 Å². The number of nitrogens with zero attached hydrogens (tertiary/aromatic N) is 2. The highest BCUT2D eigenvalue weighted by molar-refractivity contribution is 6.22. The van der Waals surface area contributed by atoms with Crippen molar-refractivity contribution in [3.63, 3.8) is 0 Å². The number of rotatable bonds is 7. The summed E-state index contributed by atoms with van der Waals surface area (Å²) in [5.74, 6) is -0.961. The first-order valence-electron chi connectivity index (χ1n) is 9.86. The van der Waals surface area contributed by atoms with Crippen LogP contribution in [0.15, 0.2) is 72.9 Å². The van der Waals surface area contributed by atoms with Crippen LogP contribution in [0, 0.1) is 0 Å². The number of fused-ring (bicyclic) bond motifs is 1. The van der Waals surface area contributed by atoms with Gasteiger partial charge in [0.1, 0.15) is 0 Å². The fraction of sp³-hybridized carbons (Fsp3) is 0.167. The third-order valence-corrected chi connectivity index (χ3v) is 5.08. The average Bonchev–Trinajstić information content (AvgIpc) is 3.03. The van der Waals surface area contributed by atoms with Crippen LogP contribution >= 0.6 is 0 Å². The quantitative estimate of drug-likeness (QED) is 0.619. The molecule has 0 atom stereocenters. The van der Waals surface area contributed by atoms with Gasteiger partial charge in [0.05, 0.1) is 23.4 Å². The van der Waals surface area contributed by atoms with Crippen molar-refractivity contribution in [3.05, 3.63) is 101 Å². The number of carbonyl (C=O) groups excluding carboxylic acids is 3. The van der Waals surface area contributed by atoms with E-state index in [4.69, 9.17) is 0 Å².